The summed E-state index contributed by atoms with van der Waals surface area (Å²) in [6, 6.07) is 16.5. The summed E-state index contributed by atoms with van der Waals surface area (Å²) in [4.78, 5) is 14.4. The van der Waals surface area contributed by atoms with Crippen molar-refractivity contribution in [3.05, 3.63) is 88.5 Å². The van der Waals surface area contributed by atoms with Crippen LogP contribution in [-0.2, 0) is 13.1 Å². The third-order valence-corrected chi connectivity index (χ3v) is 4.48. The normalized spacial score (nSPS) is 10.8. The number of nitrogens with zero attached hydrogens (tertiary/aromatic N) is 3. The molecule has 0 saturated carbocycles. The van der Waals surface area contributed by atoms with E-state index in [-0.39, 0.29) is 18.3 Å². The van der Waals surface area contributed by atoms with Crippen LogP contribution in [0.4, 0.5) is 4.39 Å². The van der Waals surface area contributed by atoms with Gasteiger partial charge in [-0.15, -0.1) is 0 Å². The van der Waals surface area contributed by atoms with Crippen molar-refractivity contribution < 1.29 is 9.18 Å². The summed E-state index contributed by atoms with van der Waals surface area (Å²) in [7, 11) is 1.68. The highest BCUT2D eigenvalue weighted by molar-refractivity contribution is 5.96. The number of carbonyl (C=O) groups is 1. The first-order chi connectivity index (χ1) is 12.5. The Morgan fingerprint density at radius 3 is 2.42 bits per heavy atom. The average Bonchev–Trinajstić information content (AvgIpc) is 2.90. The van der Waals surface area contributed by atoms with Crippen LogP contribution in [-0.4, -0.2) is 27.6 Å². The molecule has 0 fully saturated rings. The van der Waals surface area contributed by atoms with Gasteiger partial charge in [0.25, 0.3) is 5.91 Å². The second-order valence-corrected chi connectivity index (χ2v) is 6.44. The third-order valence-electron chi connectivity index (χ3n) is 4.48. The van der Waals surface area contributed by atoms with E-state index in [1.54, 1.807) is 25.2 Å². The molecule has 2 aromatic carbocycles. The Morgan fingerprint density at radius 1 is 1.08 bits per heavy atom. The lowest BCUT2D eigenvalue weighted by atomic mass is 10.1. The first kappa shape index (κ1) is 17.9. The van der Waals surface area contributed by atoms with Gasteiger partial charge in [-0.2, -0.15) is 5.10 Å². The molecular weight excluding hydrogens is 329 g/mol. The van der Waals surface area contributed by atoms with E-state index in [1.807, 2.05) is 48.9 Å². The fourth-order valence-electron chi connectivity index (χ4n) is 3.06. The lowest BCUT2D eigenvalue weighted by Crippen LogP contribution is -2.27. The van der Waals surface area contributed by atoms with E-state index in [9.17, 15) is 9.18 Å². The zero-order valence-corrected chi connectivity index (χ0v) is 15.2. The Labute approximate surface area is 152 Å². The average molecular weight is 351 g/mol. The summed E-state index contributed by atoms with van der Waals surface area (Å²) in [6.07, 6.45) is 0. The number of amides is 1. The summed E-state index contributed by atoms with van der Waals surface area (Å²) in [5.74, 6) is -0.456. The van der Waals surface area contributed by atoms with Gasteiger partial charge in [-0.05, 0) is 25.5 Å². The first-order valence-corrected chi connectivity index (χ1v) is 8.54. The van der Waals surface area contributed by atoms with Crippen LogP contribution in [0.2, 0.25) is 0 Å². The molecule has 0 bridgehead atoms. The predicted molar refractivity (Wildman–Crippen MR) is 99.4 cm³/mol. The zero-order valence-electron chi connectivity index (χ0n) is 15.2. The smallest absolute Gasteiger partial charge is 0.257 e. The Hall–Kier alpha value is -2.95. The Morgan fingerprint density at radius 2 is 1.73 bits per heavy atom. The SMILES string of the molecule is Cc1nn(Cc2ccccc2)c(C)c1C(=O)N(C)Cc1ccccc1F. The van der Waals surface area contributed by atoms with Gasteiger partial charge in [-0.25, -0.2) is 4.39 Å². The molecule has 0 saturated heterocycles. The van der Waals surface area contributed by atoms with Gasteiger partial charge in [-0.3, -0.25) is 9.48 Å². The molecule has 4 nitrogen and oxygen atoms in total. The van der Waals surface area contributed by atoms with E-state index in [4.69, 9.17) is 0 Å². The second kappa shape index (κ2) is 7.52. The van der Waals surface area contributed by atoms with Crippen molar-refractivity contribution in [1.82, 2.24) is 14.7 Å². The third kappa shape index (κ3) is 3.67. The Balaban J connectivity index is 1.82. The van der Waals surface area contributed by atoms with Gasteiger partial charge < -0.3 is 4.90 Å². The molecule has 0 unspecified atom stereocenters. The number of halogens is 1. The minimum absolute atomic E-state index is 0.150. The number of hydrogen-bond acceptors (Lipinski definition) is 2. The van der Waals surface area contributed by atoms with E-state index in [0.29, 0.717) is 23.4 Å². The Kier molecular flexibility index (Phi) is 5.16. The molecule has 0 aliphatic heterocycles. The molecule has 3 aromatic rings. The van der Waals surface area contributed by atoms with Crippen molar-refractivity contribution in [3.63, 3.8) is 0 Å². The number of carbonyl (C=O) groups excluding carboxylic acids is 1. The van der Waals surface area contributed by atoms with E-state index in [2.05, 4.69) is 5.10 Å². The fourth-order valence-corrected chi connectivity index (χ4v) is 3.06. The first-order valence-electron chi connectivity index (χ1n) is 8.54. The standard InChI is InChI=1S/C21H22FN3O/c1-15-20(16(2)25(23-15)13-17-9-5-4-6-10-17)21(26)24(3)14-18-11-7-8-12-19(18)22/h4-12H,13-14H2,1-3H3. The molecule has 0 radical (unpaired) electrons. The van der Waals surface area contributed by atoms with Gasteiger partial charge in [0.2, 0.25) is 0 Å². The van der Waals surface area contributed by atoms with Crippen LogP contribution in [0.3, 0.4) is 0 Å². The van der Waals surface area contributed by atoms with Crippen LogP contribution in [0.25, 0.3) is 0 Å². The van der Waals surface area contributed by atoms with Gasteiger partial charge >= 0.3 is 0 Å². The highest BCUT2D eigenvalue weighted by atomic mass is 19.1. The number of rotatable bonds is 5. The highest BCUT2D eigenvalue weighted by Gasteiger charge is 2.22. The van der Waals surface area contributed by atoms with Crippen LogP contribution in [0.1, 0.15) is 32.9 Å². The molecule has 0 aliphatic rings. The minimum Gasteiger partial charge on any atom is -0.337 e. The molecule has 134 valence electrons. The second-order valence-electron chi connectivity index (χ2n) is 6.44. The van der Waals surface area contributed by atoms with Crippen molar-refractivity contribution in [3.8, 4) is 0 Å². The van der Waals surface area contributed by atoms with Crippen LogP contribution in [0.15, 0.2) is 54.6 Å². The summed E-state index contributed by atoms with van der Waals surface area (Å²) in [6.45, 7) is 4.55. The maximum Gasteiger partial charge on any atom is 0.257 e. The van der Waals surface area contributed by atoms with Crippen molar-refractivity contribution in [1.29, 1.82) is 0 Å². The van der Waals surface area contributed by atoms with Gasteiger partial charge in [0, 0.05) is 24.8 Å². The minimum atomic E-state index is -0.305. The van der Waals surface area contributed by atoms with Crippen molar-refractivity contribution in [2.75, 3.05) is 7.05 Å². The van der Waals surface area contributed by atoms with Gasteiger partial charge in [-0.1, -0.05) is 48.5 Å². The van der Waals surface area contributed by atoms with E-state index in [0.717, 1.165) is 11.3 Å². The maximum atomic E-state index is 13.9. The summed E-state index contributed by atoms with van der Waals surface area (Å²) in [5.41, 5.74) is 3.70. The molecule has 1 heterocycles. The topological polar surface area (TPSA) is 38.1 Å². The monoisotopic (exact) mass is 351 g/mol. The zero-order chi connectivity index (χ0) is 18.7. The van der Waals surface area contributed by atoms with Gasteiger partial charge in [0.15, 0.2) is 0 Å². The van der Waals surface area contributed by atoms with E-state index >= 15 is 0 Å². The molecule has 26 heavy (non-hydrogen) atoms. The fraction of sp³-hybridized carbons (Fsp3) is 0.238. The lowest BCUT2D eigenvalue weighted by molar-refractivity contribution is 0.0782. The largest absolute Gasteiger partial charge is 0.337 e. The van der Waals surface area contributed by atoms with Crippen molar-refractivity contribution >= 4 is 5.91 Å². The predicted octanol–water partition coefficient (Wildman–Crippen LogP) is 3.96. The molecule has 0 N–H and O–H groups in total. The van der Waals surface area contributed by atoms with Crippen molar-refractivity contribution in [2.45, 2.75) is 26.9 Å². The lowest BCUT2D eigenvalue weighted by Gasteiger charge is -2.18. The van der Waals surface area contributed by atoms with E-state index < -0.39 is 0 Å². The molecule has 0 atom stereocenters. The molecule has 0 aliphatic carbocycles. The van der Waals surface area contributed by atoms with Crippen LogP contribution < -0.4 is 0 Å². The Bertz CT molecular complexity index is 918. The van der Waals surface area contributed by atoms with E-state index in [1.165, 1.54) is 11.0 Å². The van der Waals surface area contributed by atoms with Gasteiger partial charge in [0.1, 0.15) is 5.82 Å². The van der Waals surface area contributed by atoms with Crippen LogP contribution >= 0.6 is 0 Å². The van der Waals surface area contributed by atoms with Crippen LogP contribution in [0.5, 0.6) is 0 Å². The van der Waals surface area contributed by atoms with Crippen LogP contribution in [0, 0.1) is 19.7 Å². The number of benzene rings is 2. The van der Waals surface area contributed by atoms with Crippen molar-refractivity contribution in [2.24, 2.45) is 0 Å². The van der Waals surface area contributed by atoms with Gasteiger partial charge in [0.05, 0.1) is 17.8 Å². The summed E-state index contributed by atoms with van der Waals surface area (Å²) in [5, 5.41) is 4.53. The molecule has 1 amide bonds. The molecule has 5 heteroatoms. The quantitative estimate of drug-likeness (QED) is 0.698. The molecular formula is C21H22FN3O. The summed E-state index contributed by atoms with van der Waals surface area (Å²) < 4.78 is 15.7. The maximum absolute atomic E-state index is 13.9. The number of hydrogen-bond donors (Lipinski definition) is 0. The number of aryl methyl sites for hydroxylation is 1. The molecule has 3 rings (SSSR count). The molecule has 1 aromatic heterocycles. The highest BCUT2D eigenvalue weighted by Crippen LogP contribution is 2.18. The number of aromatic nitrogens is 2. The molecule has 0 spiro atoms. The summed E-state index contributed by atoms with van der Waals surface area (Å²) >= 11 is 0.